The number of rotatable bonds is 3. The molecule has 70 valence electrons. The van der Waals surface area contributed by atoms with Crippen LogP contribution in [0.2, 0.25) is 0 Å². The molecule has 1 heterocycles. The maximum absolute atomic E-state index is 9.40. The van der Waals surface area contributed by atoms with Gasteiger partial charge in [-0.1, -0.05) is 18.2 Å². The van der Waals surface area contributed by atoms with Crippen molar-refractivity contribution in [1.29, 1.82) is 0 Å². The Morgan fingerprint density at radius 1 is 1.58 bits per heavy atom. The summed E-state index contributed by atoms with van der Waals surface area (Å²) < 4.78 is 0. The summed E-state index contributed by atoms with van der Waals surface area (Å²) in [6, 6.07) is 0. The molecule has 1 saturated heterocycles. The number of hydrogen-bond acceptors (Lipinski definition) is 3. The van der Waals surface area contributed by atoms with Crippen LogP contribution in [-0.4, -0.2) is 47.5 Å². The Morgan fingerprint density at radius 2 is 2.25 bits per heavy atom. The Bertz CT molecular complexity index is 174. The zero-order valence-electron chi connectivity index (χ0n) is 6.91. The minimum atomic E-state index is -0.425. The molecule has 1 fully saturated rings. The fraction of sp³-hybridized carbons (Fsp3) is 0.750. The van der Waals surface area contributed by atoms with Crippen LogP contribution in [0, 0.1) is 5.92 Å². The van der Waals surface area contributed by atoms with Gasteiger partial charge in [0, 0.05) is 37.2 Å². The van der Waals surface area contributed by atoms with E-state index in [1.165, 1.54) is 0 Å². The van der Waals surface area contributed by atoms with Crippen LogP contribution in [0.4, 0.5) is 0 Å². The summed E-state index contributed by atoms with van der Waals surface area (Å²) in [5, 5.41) is 18.8. The van der Waals surface area contributed by atoms with Gasteiger partial charge in [0.2, 0.25) is 0 Å². The molecular formula is C8H14ClNO2. The molecule has 3 nitrogen and oxygen atoms in total. The number of likely N-dealkylation sites (tertiary alicyclic amines) is 1. The third-order valence-corrected chi connectivity index (χ3v) is 2.23. The molecule has 0 aliphatic carbocycles. The highest BCUT2D eigenvalue weighted by Crippen LogP contribution is 2.17. The monoisotopic (exact) mass is 191 g/mol. The normalized spacial score (nSPS) is 30.9. The Hall–Kier alpha value is -0.0900. The van der Waals surface area contributed by atoms with Gasteiger partial charge in [0.25, 0.3) is 0 Å². The van der Waals surface area contributed by atoms with Gasteiger partial charge in [-0.3, -0.25) is 4.90 Å². The molecule has 0 amide bonds. The van der Waals surface area contributed by atoms with Gasteiger partial charge in [-0.25, -0.2) is 0 Å². The molecule has 2 N–H and O–H groups in total. The van der Waals surface area contributed by atoms with Crippen LogP contribution in [0.1, 0.15) is 0 Å². The Balaban J connectivity index is 2.37. The van der Waals surface area contributed by atoms with E-state index < -0.39 is 6.10 Å². The molecule has 0 aromatic rings. The summed E-state index contributed by atoms with van der Waals surface area (Å²) in [6.07, 6.45) is -0.425. The van der Waals surface area contributed by atoms with Crippen molar-refractivity contribution < 1.29 is 10.2 Å². The SMILES string of the molecule is C=C(Cl)CN1CC(O)C(CO)C1. The van der Waals surface area contributed by atoms with E-state index in [1.807, 2.05) is 4.90 Å². The second-order valence-corrected chi connectivity index (χ2v) is 3.76. The molecule has 1 aliphatic rings. The van der Waals surface area contributed by atoms with Gasteiger partial charge in [-0.2, -0.15) is 0 Å². The van der Waals surface area contributed by atoms with E-state index in [-0.39, 0.29) is 12.5 Å². The molecule has 0 aromatic carbocycles. The number of aliphatic hydroxyl groups is 2. The van der Waals surface area contributed by atoms with E-state index in [2.05, 4.69) is 6.58 Å². The fourth-order valence-electron chi connectivity index (χ4n) is 1.49. The molecule has 1 aliphatic heterocycles. The van der Waals surface area contributed by atoms with Gasteiger partial charge in [0.1, 0.15) is 0 Å². The number of hydrogen-bond donors (Lipinski definition) is 2. The Labute approximate surface area is 77.2 Å². The maximum atomic E-state index is 9.40. The molecule has 12 heavy (non-hydrogen) atoms. The van der Waals surface area contributed by atoms with Gasteiger partial charge >= 0.3 is 0 Å². The Kier molecular flexibility index (Phi) is 3.53. The lowest BCUT2D eigenvalue weighted by atomic mass is 10.1. The van der Waals surface area contributed by atoms with E-state index >= 15 is 0 Å². The zero-order chi connectivity index (χ0) is 9.14. The van der Waals surface area contributed by atoms with Crippen molar-refractivity contribution >= 4 is 11.6 Å². The van der Waals surface area contributed by atoms with Gasteiger partial charge in [-0.15, -0.1) is 0 Å². The van der Waals surface area contributed by atoms with Crippen LogP contribution in [0.25, 0.3) is 0 Å². The summed E-state index contributed by atoms with van der Waals surface area (Å²) >= 11 is 5.62. The lowest BCUT2D eigenvalue weighted by Gasteiger charge is -2.13. The average molecular weight is 192 g/mol. The van der Waals surface area contributed by atoms with Gasteiger partial charge < -0.3 is 10.2 Å². The summed E-state index contributed by atoms with van der Waals surface area (Å²) in [5.41, 5.74) is 0. The van der Waals surface area contributed by atoms with Crippen molar-refractivity contribution in [2.24, 2.45) is 5.92 Å². The third-order valence-electron chi connectivity index (χ3n) is 2.11. The number of nitrogens with zero attached hydrogens (tertiary/aromatic N) is 1. The van der Waals surface area contributed by atoms with Crippen molar-refractivity contribution in [3.05, 3.63) is 11.6 Å². The summed E-state index contributed by atoms with van der Waals surface area (Å²) in [4.78, 5) is 1.99. The molecule has 4 heteroatoms. The molecule has 2 unspecified atom stereocenters. The quantitative estimate of drug-likeness (QED) is 0.662. The van der Waals surface area contributed by atoms with Gasteiger partial charge in [0.05, 0.1) is 6.10 Å². The first-order valence-electron chi connectivity index (χ1n) is 3.98. The van der Waals surface area contributed by atoms with Crippen molar-refractivity contribution in [2.75, 3.05) is 26.2 Å². The smallest absolute Gasteiger partial charge is 0.0729 e. The molecule has 1 rings (SSSR count). The van der Waals surface area contributed by atoms with E-state index in [4.69, 9.17) is 16.7 Å². The molecule has 0 aromatic heterocycles. The zero-order valence-corrected chi connectivity index (χ0v) is 7.67. The summed E-state index contributed by atoms with van der Waals surface area (Å²) in [5.74, 6) is -0.0268. The highest BCUT2D eigenvalue weighted by Gasteiger charge is 2.30. The van der Waals surface area contributed by atoms with Crippen LogP contribution >= 0.6 is 11.6 Å². The molecule has 0 radical (unpaired) electrons. The second-order valence-electron chi connectivity index (χ2n) is 3.22. The molecule has 0 spiro atoms. The fourth-order valence-corrected chi connectivity index (χ4v) is 1.66. The van der Waals surface area contributed by atoms with Crippen molar-refractivity contribution in [2.45, 2.75) is 6.10 Å². The first-order valence-corrected chi connectivity index (χ1v) is 4.36. The molecule has 0 bridgehead atoms. The largest absolute Gasteiger partial charge is 0.396 e. The van der Waals surface area contributed by atoms with Crippen LogP contribution in [0.15, 0.2) is 11.6 Å². The standard InChI is InChI=1S/C8H14ClNO2/c1-6(9)2-10-3-7(5-11)8(12)4-10/h7-8,11-12H,1-5H2. The van der Waals surface area contributed by atoms with Crippen molar-refractivity contribution in [3.8, 4) is 0 Å². The minimum Gasteiger partial charge on any atom is -0.396 e. The van der Waals surface area contributed by atoms with Crippen LogP contribution in [-0.2, 0) is 0 Å². The number of aliphatic hydroxyl groups excluding tert-OH is 2. The molecule has 0 saturated carbocycles. The van der Waals surface area contributed by atoms with Crippen molar-refractivity contribution in [1.82, 2.24) is 4.90 Å². The second kappa shape index (κ2) is 4.23. The first-order chi connectivity index (χ1) is 5.63. The molecule has 2 atom stereocenters. The first kappa shape index (κ1) is 9.99. The Morgan fingerprint density at radius 3 is 2.67 bits per heavy atom. The van der Waals surface area contributed by atoms with Crippen molar-refractivity contribution in [3.63, 3.8) is 0 Å². The van der Waals surface area contributed by atoms with Gasteiger partial charge in [-0.05, 0) is 0 Å². The predicted octanol–water partition coefficient (Wildman–Crippen LogP) is 0.0239. The highest BCUT2D eigenvalue weighted by molar-refractivity contribution is 6.29. The predicted molar refractivity (Wildman–Crippen MR) is 48.0 cm³/mol. The third kappa shape index (κ3) is 2.45. The summed E-state index contributed by atoms with van der Waals surface area (Å²) in [7, 11) is 0. The summed E-state index contributed by atoms with van der Waals surface area (Å²) in [6.45, 7) is 5.48. The highest BCUT2D eigenvalue weighted by atomic mass is 35.5. The van der Waals surface area contributed by atoms with Crippen LogP contribution in [0.3, 0.4) is 0 Å². The van der Waals surface area contributed by atoms with Crippen LogP contribution < -0.4 is 0 Å². The number of halogens is 1. The lowest BCUT2D eigenvalue weighted by Crippen LogP contribution is -2.23. The van der Waals surface area contributed by atoms with Gasteiger partial charge in [0.15, 0.2) is 0 Å². The lowest BCUT2D eigenvalue weighted by molar-refractivity contribution is 0.103. The van der Waals surface area contributed by atoms with E-state index in [0.29, 0.717) is 24.7 Å². The van der Waals surface area contributed by atoms with E-state index in [9.17, 15) is 5.11 Å². The van der Waals surface area contributed by atoms with E-state index in [0.717, 1.165) is 0 Å². The maximum Gasteiger partial charge on any atom is 0.0729 e. The molecular weight excluding hydrogens is 178 g/mol. The number of β-amino-alcohol motifs (C(OH)–C–C–N with tert-alkyl or cyclic N) is 1. The average Bonchev–Trinajstić information content (AvgIpc) is 2.29. The van der Waals surface area contributed by atoms with Crippen LogP contribution in [0.5, 0.6) is 0 Å². The topological polar surface area (TPSA) is 43.7 Å². The minimum absolute atomic E-state index is 0.0268. The van der Waals surface area contributed by atoms with E-state index in [1.54, 1.807) is 0 Å².